The molecule has 0 aromatic carbocycles. The van der Waals surface area contributed by atoms with E-state index in [-0.39, 0.29) is 0 Å². The summed E-state index contributed by atoms with van der Waals surface area (Å²) in [5.74, 6) is 0.822. The summed E-state index contributed by atoms with van der Waals surface area (Å²) >= 11 is 0. The molecular formula is C70H120N20. The number of aromatic nitrogens is 20. The number of rotatable bonds is 0. The summed E-state index contributed by atoms with van der Waals surface area (Å²) < 4.78 is 0. The van der Waals surface area contributed by atoms with Gasteiger partial charge in [-0.1, -0.05) is 145 Å². The van der Waals surface area contributed by atoms with E-state index in [0.29, 0.717) is 0 Å². The van der Waals surface area contributed by atoms with Crippen LogP contribution in [0.4, 0.5) is 0 Å². The van der Waals surface area contributed by atoms with Gasteiger partial charge in [-0.3, -0.25) is 19.9 Å². The van der Waals surface area contributed by atoms with Crippen molar-refractivity contribution in [3.63, 3.8) is 0 Å². The molecule has 0 aliphatic carbocycles. The Morgan fingerprint density at radius 2 is 0.667 bits per heavy atom. The average molecular weight is 1240 g/mol. The van der Waals surface area contributed by atoms with E-state index in [4.69, 9.17) is 0 Å². The molecule has 0 atom stereocenters. The molecule has 0 saturated heterocycles. The van der Waals surface area contributed by atoms with Crippen molar-refractivity contribution >= 4 is 0 Å². The largest absolute Gasteiger partial charge is 0.265 e. The van der Waals surface area contributed by atoms with Gasteiger partial charge >= 0.3 is 0 Å². The minimum absolute atomic E-state index is 0.822. The van der Waals surface area contributed by atoms with Crippen LogP contribution in [-0.2, 0) is 0 Å². The summed E-state index contributed by atoms with van der Waals surface area (Å²) in [6.45, 7) is 59.3. The third-order valence-corrected chi connectivity index (χ3v) is 7.12. The van der Waals surface area contributed by atoms with Gasteiger partial charge in [-0.15, -0.1) is 10.2 Å². The van der Waals surface area contributed by atoms with Crippen LogP contribution in [-0.4, -0.2) is 101 Å². The molecule has 0 amide bonds. The summed E-state index contributed by atoms with van der Waals surface area (Å²) in [6.07, 6.45) is 35.2. The van der Waals surface area contributed by atoms with Gasteiger partial charge in [0.1, 0.15) is 31.1 Å². The van der Waals surface area contributed by atoms with Crippen molar-refractivity contribution in [2.24, 2.45) is 0 Å². The third-order valence-electron chi connectivity index (χ3n) is 7.12. The van der Waals surface area contributed by atoms with Crippen LogP contribution in [0, 0.1) is 69.2 Å². The van der Waals surface area contributed by atoms with Gasteiger partial charge in [-0.05, 0) is 140 Å². The molecule has 0 fully saturated rings. The molecule has 0 unspecified atom stereocenters. The number of nitrogens with zero attached hydrogens (tertiary/aromatic N) is 20. The zero-order valence-corrected chi connectivity index (χ0v) is 61.3. The Labute approximate surface area is 547 Å². The zero-order valence-electron chi connectivity index (χ0n) is 61.3. The quantitative estimate of drug-likeness (QED) is 0.137. The van der Waals surface area contributed by atoms with Crippen molar-refractivity contribution in [2.45, 2.75) is 208 Å². The van der Waals surface area contributed by atoms with Crippen LogP contribution in [0.2, 0.25) is 0 Å². The molecule has 0 aliphatic rings. The highest BCUT2D eigenvalue weighted by molar-refractivity contribution is 5.06. The predicted octanol–water partition coefficient (Wildman–Crippen LogP) is 18.1. The Morgan fingerprint density at radius 3 is 0.889 bits per heavy atom. The van der Waals surface area contributed by atoms with Crippen molar-refractivity contribution in [3.8, 4) is 0 Å². The standard InChI is InChI=1S/2C6H7N.6C5H6N2.2C4H5N3.10C2H6/c1-6-2-4-7-5-3-6;1-6-3-2-4-7-5-6;1-5-2-6-4-7-3-5;1-5-4-6-2-3-7-5;1-5-2-3-6-4-7-5;1-5-2-3-6-7-4-5;1-5-6-3-2-4-7-5;1-5-3-2-4-6-7-5;1-4-2-6-7-3-5-4;1-4-2-5-3-6-7-4;10*1-2/h2*2-5H,1H3;6*2-4H,1H3;2*2-3H,1H3;10*1-2H3. The van der Waals surface area contributed by atoms with E-state index in [1.165, 1.54) is 36.4 Å². The highest BCUT2D eigenvalue weighted by atomic mass is 15.1. The Morgan fingerprint density at radius 1 is 0.200 bits per heavy atom. The van der Waals surface area contributed by atoms with Crippen molar-refractivity contribution in [2.75, 3.05) is 0 Å². The molecule has 20 heteroatoms. The fourth-order valence-corrected chi connectivity index (χ4v) is 3.70. The molecule has 90 heavy (non-hydrogen) atoms. The molecule has 0 aliphatic heterocycles. The molecule has 10 aromatic rings. The first-order valence-electron chi connectivity index (χ1n) is 31.2. The zero-order chi connectivity index (χ0) is 71.1. The molecule has 0 spiro atoms. The first kappa shape index (κ1) is 103. The summed E-state index contributed by atoms with van der Waals surface area (Å²) in [4.78, 5) is 45.9. The topological polar surface area (TPSA) is 258 Å². The van der Waals surface area contributed by atoms with Crippen LogP contribution in [0.1, 0.15) is 195 Å². The molecule has 0 N–H and O–H groups in total. The summed E-state index contributed by atoms with van der Waals surface area (Å²) in [6, 6.07) is 17.2. The minimum Gasteiger partial charge on any atom is -0.265 e. The van der Waals surface area contributed by atoms with E-state index in [0.717, 1.165) is 45.4 Å². The normalized spacial score (nSPS) is 7.44. The van der Waals surface area contributed by atoms with Crippen molar-refractivity contribution in [1.82, 2.24) is 101 Å². The average Bonchev–Trinajstić information content (AvgIpc) is 3.62. The molecular weight excluding hydrogens is 1120 g/mol. The SMILES string of the molecule is CC.CC.CC.CC.CC.CC.CC.CC.CC.CC.Cc1cccnc1.Cc1cccnn1.Cc1ccncc1.Cc1ccncn1.Cc1ccnnc1.Cc1cnccn1.Cc1cncnc1.Cc1cncnn1.Cc1cnncn1.Cc1ncccn1. The van der Waals surface area contributed by atoms with Gasteiger partial charge in [0.05, 0.1) is 41.4 Å². The maximum absolute atomic E-state index is 3.92. The van der Waals surface area contributed by atoms with Crippen LogP contribution >= 0.6 is 0 Å². The number of hydrogen-bond acceptors (Lipinski definition) is 20. The van der Waals surface area contributed by atoms with Crippen molar-refractivity contribution < 1.29 is 0 Å². The van der Waals surface area contributed by atoms with Gasteiger partial charge in [0.15, 0.2) is 0 Å². The monoisotopic (exact) mass is 1240 g/mol. The lowest BCUT2D eigenvalue weighted by atomic mass is 10.3. The summed E-state index contributed by atoms with van der Waals surface area (Å²) in [5, 5.41) is 28.8. The molecule has 10 heterocycles. The lowest BCUT2D eigenvalue weighted by Gasteiger charge is -1.82. The highest BCUT2D eigenvalue weighted by Crippen LogP contribution is 1.90. The van der Waals surface area contributed by atoms with Crippen molar-refractivity contribution in [1.29, 1.82) is 0 Å². The highest BCUT2D eigenvalue weighted by Gasteiger charge is 1.80. The van der Waals surface area contributed by atoms with Gasteiger partial charge in [0, 0.05) is 92.4 Å². The Balaban J connectivity index is -0.0000000957. The van der Waals surface area contributed by atoms with Gasteiger partial charge < -0.3 is 0 Å². The number of aryl methyl sites for hydroxylation is 10. The second-order valence-electron chi connectivity index (χ2n) is 13.7. The Hall–Kier alpha value is -9.20. The molecule has 10 rings (SSSR count). The maximum Gasteiger partial charge on any atom is 0.138 e. The minimum atomic E-state index is 0.822. The second kappa shape index (κ2) is 98.9. The smallest absolute Gasteiger partial charge is 0.138 e. The Kier molecular flexibility index (Phi) is 113. The van der Waals surface area contributed by atoms with Crippen LogP contribution in [0.5, 0.6) is 0 Å². The molecule has 10 aromatic heterocycles. The van der Waals surface area contributed by atoms with E-state index in [2.05, 4.69) is 101 Å². The maximum atomic E-state index is 3.92. The van der Waals surface area contributed by atoms with E-state index in [9.17, 15) is 0 Å². The molecule has 0 bridgehead atoms. The van der Waals surface area contributed by atoms with Crippen LogP contribution in [0.25, 0.3) is 0 Å². The van der Waals surface area contributed by atoms with E-state index in [1.54, 1.807) is 105 Å². The summed E-state index contributed by atoms with van der Waals surface area (Å²) in [5.41, 5.74) is 9.40. The fraction of sp³-hybridized carbons (Fsp3) is 0.429. The van der Waals surface area contributed by atoms with Gasteiger partial charge in [-0.25, -0.2) is 39.9 Å². The van der Waals surface area contributed by atoms with E-state index < -0.39 is 0 Å². The Bertz CT molecular complexity index is 1990. The third kappa shape index (κ3) is 95.2. The second-order valence-corrected chi connectivity index (χ2v) is 13.7. The van der Waals surface area contributed by atoms with Gasteiger partial charge in [0.25, 0.3) is 0 Å². The number of hydrogen-bond donors (Lipinski definition) is 0. The van der Waals surface area contributed by atoms with Crippen molar-refractivity contribution in [3.05, 3.63) is 242 Å². The lowest BCUT2D eigenvalue weighted by Crippen LogP contribution is -1.84. The molecule has 500 valence electrons. The first-order valence-corrected chi connectivity index (χ1v) is 31.2. The fourth-order valence-electron chi connectivity index (χ4n) is 3.70. The molecule has 0 radical (unpaired) electrons. The van der Waals surface area contributed by atoms with Crippen LogP contribution < -0.4 is 0 Å². The first-order chi connectivity index (χ1) is 43.9. The predicted molar refractivity (Wildman–Crippen MR) is 381 cm³/mol. The van der Waals surface area contributed by atoms with Crippen LogP contribution in [0.15, 0.2) is 185 Å². The lowest BCUT2D eigenvalue weighted by molar-refractivity contribution is 0.925. The summed E-state index contributed by atoms with van der Waals surface area (Å²) in [7, 11) is 0. The van der Waals surface area contributed by atoms with Gasteiger partial charge in [0.2, 0.25) is 0 Å². The van der Waals surface area contributed by atoms with E-state index in [1.807, 2.05) is 262 Å². The number of pyridine rings is 2. The molecule has 0 saturated carbocycles. The van der Waals surface area contributed by atoms with Crippen LogP contribution in [0.3, 0.4) is 0 Å². The van der Waals surface area contributed by atoms with E-state index >= 15 is 0 Å². The molecule has 20 nitrogen and oxygen atoms in total. The van der Waals surface area contributed by atoms with Gasteiger partial charge in [-0.2, -0.15) is 30.6 Å².